The molecule has 1 nitrogen and oxygen atoms in total. The summed E-state index contributed by atoms with van der Waals surface area (Å²) in [6, 6.07) is 12.6. The number of allylic oxidation sites excluding steroid dienone is 5. The maximum Gasteiger partial charge on any atom is 0.0708 e. The first-order chi connectivity index (χ1) is 9.92. The molecule has 1 atom stereocenters. The van der Waals surface area contributed by atoms with E-state index < -0.39 is 0 Å². The molecule has 0 saturated carbocycles. The molecule has 0 saturated heterocycles. The van der Waals surface area contributed by atoms with E-state index in [1.165, 1.54) is 22.3 Å². The lowest BCUT2D eigenvalue weighted by Crippen LogP contribution is -2.12. The lowest BCUT2D eigenvalue weighted by molar-refractivity contribution is 0.759. The Hall–Kier alpha value is -2.41. The summed E-state index contributed by atoms with van der Waals surface area (Å²) < 4.78 is 0. The van der Waals surface area contributed by atoms with E-state index in [-0.39, 0.29) is 0 Å². The minimum Gasteiger partial charge on any atom is -0.256 e. The standard InChI is InChI=1S/C19H15N/c1-2-7-15-13-18-16(12-14(15)6-1)8-5-9-17(18)19-10-3-4-11-20-19/h1-11,13-14H,12H2. The second-order valence-electron chi connectivity index (χ2n) is 5.29. The number of hydrogen-bond donors (Lipinski definition) is 0. The van der Waals surface area contributed by atoms with Crippen LogP contribution < -0.4 is 0 Å². The van der Waals surface area contributed by atoms with Crippen molar-refractivity contribution in [3.63, 3.8) is 0 Å². The van der Waals surface area contributed by atoms with E-state index in [1.807, 2.05) is 18.3 Å². The Kier molecular flexibility index (Phi) is 2.63. The Bertz CT molecular complexity index is 736. The van der Waals surface area contributed by atoms with Gasteiger partial charge in [-0.3, -0.25) is 4.98 Å². The molecule has 0 radical (unpaired) electrons. The fraction of sp³-hybridized carbons (Fsp3) is 0.105. The fourth-order valence-corrected chi connectivity index (χ4v) is 3.05. The SMILES string of the molecule is C1=CC2=Cc3c(cccc3-c3ccccn3)CC2C=C1. The highest BCUT2D eigenvalue weighted by Gasteiger charge is 2.21. The zero-order valence-electron chi connectivity index (χ0n) is 11.2. The van der Waals surface area contributed by atoms with Crippen molar-refractivity contribution in [2.45, 2.75) is 6.42 Å². The molecular weight excluding hydrogens is 242 g/mol. The van der Waals surface area contributed by atoms with Crippen LogP contribution in [0.4, 0.5) is 0 Å². The molecule has 2 aromatic rings. The van der Waals surface area contributed by atoms with Crippen LogP contribution in [0.1, 0.15) is 11.1 Å². The largest absolute Gasteiger partial charge is 0.256 e. The highest BCUT2D eigenvalue weighted by atomic mass is 14.7. The van der Waals surface area contributed by atoms with Crippen molar-refractivity contribution in [2.24, 2.45) is 5.92 Å². The van der Waals surface area contributed by atoms with Gasteiger partial charge in [0.05, 0.1) is 5.69 Å². The Balaban J connectivity index is 1.90. The van der Waals surface area contributed by atoms with Crippen LogP contribution in [0.3, 0.4) is 0 Å². The van der Waals surface area contributed by atoms with Crippen molar-refractivity contribution >= 4 is 6.08 Å². The molecule has 1 aromatic carbocycles. The van der Waals surface area contributed by atoms with Gasteiger partial charge in [-0.25, -0.2) is 0 Å². The zero-order chi connectivity index (χ0) is 13.4. The van der Waals surface area contributed by atoms with Crippen molar-refractivity contribution in [2.75, 3.05) is 0 Å². The summed E-state index contributed by atoms with van der Waals surface area (Å²) in [6.45, 7) is 0. The molecule has 1 unspecified atom stereocenters. The summed E-state index contributed by atoms with van der Waals surface area (Å²) in [7, 11) is 0. The molecule has 1 aromatic heterocycles. The van der Waals surface area contributed by atoms with Crippen molar-refractivity contribution in [1.82, 2.24) is 4.98 Å². The van der Waals surface area contributed by atoms with Crippen LogP contribution in [0.5, 0.6) is 0 Å². The Morgan fingerprint density at radius 2 is 2.00 bits per heavy atom. The van der Waals surface area contributed by atoms with Gasteiger partial charge >= 0.3 is 0 Å². The van der Waals surface area contributed by atoms with E-state index >= 15 is 0 Å². The van der Waals surface area contributed by atoms with Gasteiger partial charge in [0.2, 0.25) is 0 Å². The third-order valence-corrected chi connectivity index (χ3v) is 4.06. The first-order valence-electron chi connectivity index (χ1n) is 7.01. The third-order valence-electron chi connectivity index (χ3n) is 4.06. The Morgan fingerprint density at radius 3 is 2.90 bits per heavy atom. The van der Waals surface area contributed by atoms with E-state index in [2.05, 4.69) is 59.6 Å². The van der Waals surface area contributed by atoms with Crippen LogP contribution >= 0.6 is 0 Å². The van der Waals surface area contributed by atoms with Crippen molar-refractivity contribution in [3.8, 4) is 11.3 Å². The summed E-state index contributed by atoms with van der Waals surface area (Å²) in [5.41, 5.74) is 6.44. The summed E-state index contributed by atoms with van der Waals surface area (Å²) >= 11 is 0. The zero-order valence-corrected chi connectivity index (χ0v) is 11.2. The Labute approximate surface area is 119 Å². The van der Waals surface area contributed by atoms with Crippen LogP contribution in [-0.2, 0) is 6.42 Å². The number of nitrogens with zero attached hydrogens (tertiary/aromatic N) is 1. The molecule has 96 valence electrons. The summed E-state index contributed by atoms with van der Waals surface area (Å²) in [5.74, 6) is 0.534. The van der Waals surface area contributed by atoms with E-state index in [0.717, 1.165) is 12.1 Å². The normalized spacial score (nSPS) is 19.2. The number of fused-ring (bicyclic) bond motifs is 2. The average Bonchev–Trinajstić information content (AvgIpc) is 2.53. The first-order valence-corrected chi connectivity index (χ1v) is 7.01. The molecule has 0 fully saturated rings. The van der Waals surface area contributed by atoms with Crippen molar-refractivity contribution in [1.29, 1.82) is 0 Å². The number of benzene rings is 1. The average molecular weight is 257 g/mol. The van der Waals surface area contributed by atoms with Gasteiger partial charge in [-0.1, -0.05) is 54.6 Å². The number of aromatic nitrogens is 1. The van der Waals surface area contributed by atoms with Crippen LogP contribution in [0, 0.1) is 5.92 Å². The van der Waals surface area contributed by atoms with E-state index in [4.69, 9.17) is 0 Å². The molecule has 1 heteroatoms. The van der Waals surface area contributed by atoms with Gasteiger partial charge in [0, 0.05) is 17.7 Å². The second kappa shape index (κ2) is 4.61. The quantitative estimate of drug-likeness (QED) is 0.736. The van der Waals surface area contributed by atoms with Gasteiger partial charge in [-0.2, -0.15) is 0 Å². The number of pyridine rings is 1. The molecule has 0 N–H and O–H groups in total. The topological polar surface area (TPSA) is 12.9 Å². The van der Waals surface area contributed by atoms with E-state index in [9.17, 15) is 0 Å². The van der Waals surface area contributed by atoms with E-state index in [1.54, 1.807) is 0 Å². The highest BCUT2D eigenvalue weighted by Crippen LogP contribution is 2.36. The lowest BCUT2D eigenvalue weighted by atomic mass is 9.79. The van der Waals surface area contributed by atoms with Crippen molar-refractivity contribution < 1.29 is 0 Å². The molecule has 0 spiro atoms. The molecular formula is C19H15N. The van der Waals surface area contributed by atoms with Gasteiger partial charge in [-0.15, -0.1) is 0 Å². The Morgan fingerprint density at radius 1 is 1.00 bits per heavy atom. The van der Waals surface area contributed by atoms with Crippen LogP contribution in [0.15, 0.2) is 72.5 Å². The van der Waals surface area contributed by atoms with Gasteiger partial charge in [0.25, 0.3) is 0 Å². The van der Waals surface area contributed by atoms with Crippen molar-refractivity contribution in [3.05, 3.63) is 83.6 Å². The lowest BCUT2D eigenvalue weighted by Gasteiger charge is -2.25. The maximum atomic E-state index is 4.50. The first kappa shape index (κ1) is 11.4. The summed E-state index contributed by atoms with van der Waals surface area (Å²) in [4.78, 5) is 4.50. The second-order valence-corrected chi connectivity index (χ2v) is 5.29. The fourth-order valence-electron chi connectivity index (χ4n) is 3.05. The predicted octanol–water partition coefficient (Wildman–Crippen LogP) is 4.43. The molecule has 1 heterocycles. The van der Waals surface area contributed by atoms with Gasteiger partial charge < -0.3 is 0 Å². The van der Waals surface area contributed by atoms with Gasteiger partial charge in [-0.05, 0) is 35.3 Å². The molecule has 0 amide bonds. The molecule has 20 heavy (non-hydrogen) atoms. The molecule has 2 aliphatic carbocycles. The molecule has 0 aliphatic heterocycles. The van der Waals surface area contributed by atoms with Gasteiger partial charge in [0.15, 0.2) is 0 Å². The number of rotatable bonds is 1. The summed E-state index contributed by atoms with van der Waals surface area (Å²) in [5, 5.41) is 0. The van der Waals surface area contributed by atoms with E-state index in [0.29, 0.717) is 5.92 Å². The highest BCUT2D eigenvalue weighted by molar-refractivity contribution is 5.78. The van der Waals surface area contributed by atoms with Gasteiger partial charge in [0.1, 0.15) is 0 Å². The molecule has 2 aliphatic rings. The summed E-state index contributed by atoms with van der Waals surface area (Å²) in [6.07, 6.45) is 14.1. The smallest absolute Gasteiger partial charge is 0.0708 e. The van der Waals surface area contributed by atoms with Crippen LogP contribution in [0.25, 0.3) is 17.3 Å². The van der Waals surface area contributed by atoms with Crippen LogP contribution in [-0.4, -0.2) is 4.98 Å². The minimum absolute atomic E-state index is 0.534. The van der Waals surface area contributed by atoms with Crippen LogP contribution in [0.2, 0.25) is 0 Å². The monoisotopic (exact) mass is 257 g/mol. The number of hydrogen-bond acceptors (Lipinski definition) is 1. The predicted molar refractivity (Wildman–Crippen MR) is 83.1 cm³/mol. The third kappa shape index (κ3) is 1.83. The maximum absolute atomic E-state index is 4.50. The molecule has 4 rings (SSSR count). The molecule has 0 bridgehead atoms. The minimum atomic E-state index is 0.534.